The molecule has 132 valence electrons. The average Bonchev–Trinajstić information content (AvgIpc) is 2.63. The number of alkyl halides is 1. The van der Waals surface area contributed by atoms with E-state index in [-0.39, 0.29) is 12.0 Å². The van der Waals surface area contributed by atoms with Crippen LogP contribution in [-0.4, -0.2) is 25.2 Å². The van der Waals surface area contributed by atoms with Gasteiger partial charge in [-0.1, -0.05) is 12.1 Å². The number of benzene rings is 2. The molecule has 1 fully saturated rings. The number of rotatable bonds is 5. The molecular formula is C20H22FNO3. The summed E-state index contributed by atoms with van der Waals surface area (Å²) in [5.41, 5.74) is 1.64. The van der Waals surface area contributed by atoms with Crippen molar-refractivity contribution in [3.05, 3.63) is 59.7 Å². The monoisotopic (exact) mass is 343 g/mol. The fourth-order valence-corrected chi connectivity index (χ4v) is 2.74. The standard InChI is InChI=1S/C20H22FNO3/c1-14(21)16-3-2-4-17(13-16)22-20(23)15-5-7-18(8-6-15)25-19-9-11-24-12-10-19/h2-8,13-14,19H,9-12H2,1H3,(H,22,23). The van der Waals surface area contributed by atoms with Gasteiger partial charge in [-0.05, 0) is 48.9 Å². The molecule has 1 aliphatic rings. The van der Waals surface area contributed by atoms with Crippen molar-refractivity contribution in [2.75, 3.05) is 18.5 Å². The van der Waals surface area contributed by atoms with E-state index in [9.17, 15) is 9.18 Å². The summed E-state index contributed by atoms with van der Waals surface area (Å²) in [6, 6.07) is 13.9. The molecule has 1 aliphatic heterocycles. The van der Waals surface area contributed by atoms with Gasteiger partial charge in [-0.2, -0.15) is 0 Å². The van der Waals surface area contributed by atoms with Gasteiger partial charge >= 0.3 is 0 Å². The number of anilines is 1. The maximum Gasteiger partial charge on any atom is 0.255 e. The molecule has 1 unspecified atom stereocenters. The van der Waals surface area contributed by atoms with Crippen molar-refractivity contribution in [2.45, 2.75) is 32.0 Å². The largest absolute Gasteiger partial charge is 0.490 e. The van der Waals surface area contributed by atoms with Crippen LogP contribution in [0.5, 0.6) is 5.75 Å². The molecule has 2 aromatic carbocycles. The fraction of sp³-hybridized carbons (Fsp3) is 0.350. The highest BCUT2D eigenvalue weighted by Gasteiger charge is 2.15. The Bertz CT molecular complexity index is 709. The molecule has 0 aliphatic carbocycles. The van der Waals surface area contributed by atoms with Crippen LogP contribution in [0.1, 0.15) is 41.9 Å². The highest BCUT2D eigenvalue weighted by molar-refractivity contribution is 6.04. The molecule has 1 heterocycles. The molecule has 1 saturated heterocycles. The average molecular weight is 343 g/mol. The molecule has 0 saturated carbocycles. The molecule has 0 spiro atoms. The number of hydrogen-bond acceptors (Lipinski definition) is 3. The minimum absolute atomic E-state index is 0.166. The third-order valence-electron chi connectivity index (χ3n) is 4.19. The lowest BCUT2D eigenvalue weighted by Crippen LogP contribution is -2.25. The van der Waals surface area contributed by atoms with Gasteiger partial charge in [-0.15, -0.1) is 0 Å². The smallest absolute Gasteiger partial charge is 0.255 e. The summed E-state index contributed by atoms with van der Waals surface area (Å²) in [5, 5.41) is 2.79. The molecule has 0 bridgehead atoms. The third kappa shape index (κ3) is 4.79. The van der Waals surface area contributed by atoms with Crippen LogP contribution in [0.4, 0.5) is 10.1 Å². The number of nitrogens with one attached hydrogen (secondary N) is 1. The Morgan fingerprint density at radius 3 is 2.60 bits per heavy atom. The SMILES string of the molecule is CC(F)c1cccc(NC(=O)c2ccc(OC3CCOCC3)cc2)c1. The maximum absolute atomic E-state index is 13.4. The Labute approximate surface area is 147 Å². The van der Waals surface area contributed by atoms with Crippen molar-refractivity contribution in [1.29, 1.82) is 0 Å². The molecule has 1 amide bonds. The van der Waals surface area contributed by atoms with Gasteiger partial charge in [-0.3, -0.25) is 4.79 Å². The summed E-state index contributed by atoms with van der Waals surface area (Å²) in [4.78, 5) is 12.3. The second-order valence-electron chi connectivity index (χ2n) is 6.15. The summed E-state index contributed by atoms with van der Waals surface area (Å²) < 4.78 is 24.6. The van der Waals surface area contributed by atoms with Crippen LogP contribution in [0, 0.1) is 0 Å². The van der Waals surface area contributed by atoms with E-state index in [1.807, 2.05) is 0 Å². The van der Waals surface area contributed by atoms with Gasteiger partial charge in [0, 0.05) is 24.1 Å². The second kappa shape index (κ2) is 8.12. The van der Waals surface area contributed by atoms with E-state index < -0.39 is 6.17 Å². The zero-order valence-electron chi connectivity index (χ0n) is 14.2. The molecule has 1 N–H and O–H groups in total. The first-order chi connectivity index (χ1) is 12.1. The molecule has 0 aromatic heterocycles. The quantitative estimate of drug-likeness (QED) is 0.868. The molecule has 3 rings (SSSR count). The number of hydrogen-bond donors (Lipinski definition) is 1. The highest BCUT2D eigenvalue weighted by atomic mass is 19.1. The van der Waals surface area contributed by atoms with Crippen LogP contribution in [0.3, 0.4) is 0 Å². The van der Waals surface area contributed by atoms with Crippen LogP contribution in [0.15, 0.2) is 48.5 Å². The maximum atomic E-state index is 13.4. The predicted molar refractivity (Wildman–Crippen MR) is 94.8 cm³/mol. The van der Waals surface area contributed by atoms with Crippen LogP contribution in [-0.2, 0) is 4.74 Å². The van der Waals surface area contributed by atoms with Gasteiger partial charge in [0.25, 0.3) is 5.91 Å². The molecule has 5 heteroatoms. The van der Waals surface area contributed by atoms with Gasteiger partial charge in [0.05, 0.1) is 13.2 Å². The van der Waals surface area contributed by atoms with Crippen molar-refractivity contribution in [3.63, 3.8) is 0 Å². The normalized spacial score (nSPS) is 16.2. The van der Waals surface area contributed by atoms with E-state index >= 15 is 0 Å². The number of carbonyl (C=O) groups excluding carboxylic acids is 1. The topological polar surface area (TPSA) is 47.6 Å². The lowest BCUT2D eigenvalue weighted by molar-refractivity contribution is 0.0256. The third-order valence-corrected chi connectivity index (χ3v) is 4.19. The zero-order valence-corrected chi connectivity index (χ0v) is 14.2. The molecular weight excluding hydrogens is 321 g/mol. The first kappa shape index (κ1) is 17.4. The van der Waals surface area contributed by atoms with Crippen molar-refractivity contribution < 1.29 is 18.7 Å². The summed E-state index contributed by atoms with van der Waals surface area (Å²) in [6.07, 6.45) is 0.856. The van der Waals surface area contributed by atoms with Crippen molar-refractivity contribution in [1.82, 2.24) is 0 Å². The van der Waals surface area contributed by atoms with Crippen molar-refractivity contribution in [2.24, 2.45) is 0 Å². The van der Waals surface area contributed by atoms with Gasteiger partial charge in [0.1, 0.15) is 18.0 Å². The zero-order chi connectivity index (χ0) is 17.6. The first-order valence-electron chi connectivity index (χ1n) is 8.51. The van der Waals surface area contributed by atoms with Crippen molar-refractivity contribution in [3.8, 4) is 5.75 Å². The number of halogens is 1. The molecule has 2 aromatic rings. The van der Waals surface area contributed by atoms with Gasteiger partial charge in [0.15, 0.2) is 0 Å². The predicted octanol–water partition coefficient (Wildman–Crippen LogP) is 4.53. The molecule has 4 nitrogen and oxygen atoms in total. The van der Waals surface area contributed by atoms with E-state index in [2.05, 4.69) is 5.32 Å². The second-order valence-corrected chi connectivity index (χ2v) is 6.15. The van der Waals surface area contributed by atoms with Gasteiger partial charge in [-0.25, -0.2) is 4.39 Å². The Morgan fingerprint density at radius 2 is 1.92 bits per heavy atom. The molecule has 0 radical (unpaired) electrons. The highest BCUT2D eigenvalue weighted by Crippen LogP contribution is 2.22. The van der Waals surface area contributed by atoms with E-state index in [0.29, 0.717) is 16.8 Å². The van der Waals surface area contributed by atoms with E-state index in [1.54, 1.807) is 48.5 Å². The lowest BCUT2D eigenvalue weighted by atomic mass is 10.1. The van der Waals surface area contributed by atoms with Crippen molar-refractivity contribution >= 4 is 11.6 Å². The van der Waals surface area contributed by atoms with E-state index in [0.717, 1.165) is 31.8 Å². The Hall–Kier alpha value is -2.40. The van der Waals surface area contributed by atoms with Gasteiger partial charge in [0.2, 0.25) is 0 Å². The molecule has 25 heavy (non-hydrogen) atoms. The van der Waals surface area contributed by atoms with Crippen LogP contribution in [0.25, 0.3) is 0 Å². The summed E-state index contributed by atoms with van der Waals surface area (Å²) in [7, 11) is 0. The number of ether oxygens (including phenoxy) is 2. The summed E-state index contributed by atoms with van der Waals surface area (Å²) >= 11 is 0. The van der Waals surface area contributed by atoms with Crippen LogP contribution in [0.2, 0.25) is 0 Å². The van der Waals surface area contributed by atoms with E-state index in [1.165, 1.54) is 6.92 Å². The van der Waals surface area contributed by atoms with Crippen LogP contribution < -0.4 is 10.1 Å². The van der Waals surface area contributed by atoms with Gasteiger partial charge < -0.3 is 14.8 Å². The minimum Gasteiger partial charge on any atom is -0.490 e. The number of amides is 1. The summed E-state index contributed by atoms with van der Waals surface area (Å²) in [6.45, 7) is 2.92. The Balaban J connectivity index is 1.61. The van der Waals surface area contributed by atoms with Crippen LogP contribution >= 0.6 is 0 Å². The number of carbonyl (C=O) groups is 1. The first-order valence-corrected chi connectivity index (χ1v) is 8.51. The van der Waals surface area contributed by atoms with E-state index in [4.69, 9.17) is 9.47 Å². The Kier molecular flexibility index (Phi) is 5.66. The minimum atomic E-state index is -1.07. The molecule has 1 atom stereocenters. The summed E-state index contributed by atoms with van der Waals surface area (Å²) in [5.74, 6) is 0.512. The fourth-order valence-electron chi connectivity index (χ4n) is 2.74. The Morgan fingerprint density at radius 1 is 1.20 bits per heavy atom. The lowest BCUT2D eigenvalue weighted by Gasteiger charge is -2.23.